The van der Waals surface area contributed by atoms with Crippen molar-refractivity contribution in [2.75, 3.05) is 6.61 Å². The van der Waals surface area contributed by atoms with Crippen molar-refractivity contribution in [2.45, 2.75) is 26.7 Å². The lowest BCUT2D eigenvalue weighted by atomic mass is 10.2. The molecule has 0 aliphatic carbocycles. The molecule has 0 saturated carbocycles. The largest absolute Gasteiger partial charge is 0.491 e. The molecule has 0 amide bonds. The van der Waals surface area contributed by atoms with Gasteiger partial charge in [-0.3, -0.25) is 9.78 Å². The maximum absolute atomic E-state index is 10.3. The van der Waals surface area contributed by atoms with Gasteiger partial charge in [0, 0.05) is 5.69 Å². The Morgan fingerprint density at radius 3 is 2.87 bits per heavy atom. The molecule has 0 bridgehead atoms. The first kappa shape index (κ1) is 11.5. The van der Waals surface area contributed by atoms with E-state index in [0.29, 0.717) is 5.75 Å². The van der Waals surface area contributed by atoms with Crippen molar-refractivity contribution in [2.24, 2.45) is 0 Å². The summed E-state index contributed by atoms with van der Waals surface area (Å²) in [7, 11) is 0. The van der Waals surface area contributed by atoms with Crippen LogP contribution in [0.15, 0.2) is 12.1 Å². The van der Waals surface area contributed by atoms with Crippen LogP contribution in [0.2, 0.25) is 0 Å². The van der Waals surface area contributed by atoms with Gasteiger partial charge in [0.1, 0.15) is 5.75 Å². The molecule has 4 nitrogen and oxygen atoms in total. The summed E-state index contributed by atoms with van der Waals surface area (Å²) in [4.78, 5) is 14.6. The number of rotatable bonds is 5. The van der Waals surface area contributed by atoms with Gasteiger partial charge < -0.3 is 9.84 Å². The fourth-order valence-electron chi connectivity index (χ4n) is 1.23. The molecule has 1 aromatic rings. The van der Waals surface area contributed by atoms with E-state index < -0.39 is 5.97 Å². The molecule has 0 spiro atoms. The average molecular weight is 209 g/mol. The lowest BCUT2D eigenvalue weighted by Gasteiger charge is -2.09. The van der Waals surface area contributed by atoms with E-state index >= 15 is 0 Å². The van der Waals surface area contributed by atoms with Crippen LogP contribution in [0.3, 0.4) is 0 Å². The minimum atomic E-state index is -0.854. The maximum Gasteiger partial charge on any atom is 0.306 e. The van der Waals surface area contributed by atoms with Crippen LogP contribution >= 0.6 is 0 Å². The van der Waals surface area contributed by atoms with Crippen LogP contribution in [0.25, 0.3) is 0 Å². The van der Waals surface area contributed by atoms with Gasteiger partial charge >= 0.3 is 5.97 Å². The SMILES string of the molecule is CCc1nc(C)ccc1OCCC(=O)O. The van der Waals surface area contributed by atoms with E-state index in [-0.39, 0.29) is 13.0 Å². The average Bonchev–Trinajstić information content (AvgIpc) is 2.19. The van der Waals surface area contributed by atoms with Crippen LogP contribution in [-0.2, 0) is 11.2 Å². The fourth-order valence-corrected chi connectivity index (χ4v) is 1.23. The molecule has 15 heavy (non-hydrogen) atoms. The maximum atomic E-state index is 10.3. The van der Waals surface area contributed by atoms with Crippen molar-refractivity contribution in [3.05, 3.63) is 23.5 Å². The van der Waals surface area contributed by atoms with Crippen molar-refractivity contribution in [1.82, 2.24) is 4.98 Å². The van der Waals surface area contributed by atoms with E-state index in [4.69, 9.17) is 9.84 Å². The predicted molar refractivity (Wildman–Crippen MR) is 56.1 cm³/mol. The van der Waals surface area contributed by atoms with Crippen LogP contribution < -0.4 is 4.74 Å². The first-order valence-electron chi connectivity index (χ1n) is 4.94. The first-order chi connectivity index (χ1) is 7.13. The van der Waals surface area contributed by atoms with Gasteiger partial charge in [-0.2, -0.15) is 0 Å². The second-order valence-corrected chi connectivity index (χ2v) is 3.24. The first-order valence-corrected chi connectivity index (χ1v) is 4.94. The number of aliphatic carboxylic acids is 1. The van der Waals surface area contributed by atoms with Gasteiger partial charge in [-0.1, -0.05) is 6.92 Å². The van der Waals surface area contributed by atoms with Crippen molar-refractivity contribution in [3.63, 3.8) is 0 Å². The Hall–Kier alpha value is -1.58. The summed E-state index contributed by atoms with van der Waals surface area (Å²) in [6, 6.07) is 3.69. The van der Waals surface area contributed by atoms with Gasteiger partial charge in [0.2, 0.25) is 0 Å². The van der Waals surface area contributed by atoms with Crippen molar-refractivity contribution < 1.29 is 14.6 Å². The van der Waals surface area contributed by atoms with Gasteiger partial charge in [-0.15, -0.1) is 0 Å². The molecule has 0 radical (unpaired) electrons. The second kappa shape index (κ2) is 5.34. The van der Waals surface area contributed by atoms with E-state index in [2.05, 4.69) is 4.98 Å². The molecule has 1 heterocycles. The third kappa shape index (κ3) is 3.58. The molecule has 0 fully saturated rings. The molecule has 0 aliphatic rings. The third-order valence-corrected chi connectivity index (χ3v) is 1.98. The summed E-state index contributed by atoms with van der Waals surface area (Å²) in [5.74, 6) is -0.169. The van der Waals surface area contributed by atoms with Crippen molar-refractivity contribution in [3.8, 4) is 5.75 Å². The number of aromatic nitrogens is 1. The van der Waals surface area contributed by atoms with Gasteiger partial charge in [0.25, 0.3) is 0 Å². The van der Waals surface area contributed by atoms with Crippen molar-refractivity contribution >= 4 is 5.97 Å². The molecular weight excluding hydrogens is 194 g/mol. The summed E-state index contributed by atoms with van der Waals surface area (Å²) in [6.45, 7) is 4.10. The zero-order chi connectivity index (χ0) is 11.3. The summed E-state index contributed by atoms with van der Waals surface area (Å²) < 4.78 is 5.35. The van der Waals surface area contributed by atoms with Crippen LogP contribution in [-0.4, -0.2) is 22.7 Å². The van der Waals surface area contributed by atoms with Gasteiger partial charge in [-0.05, 0) is 25.5 Å². The molecule has 0 atom stereocenters. The normalized spacial score (nSPS) is 10.0. The lowest BCUT2D eigenvalue weighted by Crippen LogP contribution is -2.06. The van der Waals surface area contributed by atoms with E-state index in [1.54, 1.807) is 0 Å². The van der Waals surface area contributed by atoms with Gasteiger partial charge in [-0.25, -0.2) is 0 Å². The number of hydrogen-bond acceptors (Lipinski definition) is 3. The highest BCUT2D eigenvalue weighted by atomic mass is 16.5. The lowest BCUT2D eigenvalue weighted by molar-refractivity contribution is -0.137. The molecule has 82 valence electrons. The molecule has 0 saturated heterocycles. The summed E-state index contributed by atoms with van der Waals surface area (Å²) in [6.07, 6.45) is 0.793. The highest BCUT2D eigenvalue weighted by Crippen LogP contribution is 2.17. The molecule has 4 heteroatoms. The van der Waals surface area contributed by atoms with Crippen LogP contribution in [0, 0.1) is 6.92 Å². The van der Waals surface area contributed by atoms with Crippen molar-refractivity contribution in [1.29, 1.82) is 0 Å². The number of aryl methyl sites for hydroxylation is 2. The number of carboxylic acid groups (broad SMARTS) is 1. The number of carboxylic acids is 1. The number of nitrogens with zero attached hydrogens (tertiary/aromatic N) is 1. The molecule has 0 aromatic carbocycles. The van der Waals surface area contributed by atoms with E-state index in [1.165, 1.54) is 0 Å². The third-order valence-electron chi connectivity index (χ3n) is 1.98. The zero-order valence-electron chi connectivity index (χ0n) is 8.99. The van der Waals surface area contributed by atoms with Crippen LogP contribution in [0.5, 0.6) is 5.75 Å². The topological polar surface area (TPSA) is 59.4 Å². The van der Waals surface area contributed by atoms with E-state index in [0.717, 1.165) is 17.8 Å². The molecule has 0 unspecified atom stereocenters. The summed E-state index contributed by atoms with van der Waals surface area (Å²) in [5.41, 5.74) is 1.82. The van der Waals surface area contributed by atoms with E-state index in [1.807, 2.05) is 26.0 Å². The zero-order valence-corrected chi connectivity index (χ0v) is 8.99. The second-order valence-electron chi connectivity index (χ2n) is 3.24. The molecule has 0 aliphatic heterocycles. The Morgan fingerprint density at radius 2 is 2.27 bits per heavy atom. The van der Waals surface area contributed by atoms with Crippen LogP contribution in [0.1, 0.15) is 24.7 Å². The van der Waals surface area contributed by atoms with Gasteiger partial charge in [0.15, 0.2) is 0 Å². The van der Waals surface area contributed by atoms with E-state index in [9.17, 15) is 4.79 Å². The highest BCUT2D eigenvalue weighted by molar-refractivity contribution is 5.66. The smallest absolute Gasteiger partial charge is 0.306 e. The van der Waals surface area contributed by atoms with Crippen LogP contribution in [0.4, 0.5) is 0 Å². The molecular formula is C11H15NO3. The minimum absolute atomic E-state index is 0.0109. The van der Waals surface area contributed by atoms with Gasteiger partial charge in [0.05, 0.1) is 18.7 Å². The molecule has 1 N–H and O–H groups in total. The fraction of sp³-hybridized carbons (Fsp3) is 0.455. The number of pyridine rings is 1. The highest BCUT2D eigenvalue weighted by Gasteiger charge is 2.04. The number of hydrogen-bond donors (Lipinski definition) is 1. The summed E-state index contributed by atoms with van der Waals surface area (Å²) in [5, 5.41) is 8.47. The molecule has 1 aromatic heterocycles. The molecule has 1 rings (SSSR count). The Labute approximate surface area is 88.9 Å². The Bertz CT molecular complexity index is 350. The Kier molecular flexibility index (Phi) is 4.09. The Morgan fingerprint density at radius 1 is 1.53 bits per heavy atom. The monoisotopic (exact) mass is 209 g/mol. The predicted octanol–water partition coefficient (Wildman–Crippen LogP) is 1.81. The number of ether oxygens (including phenoxy) is 1. The Balaban J connectivity index is 2.63. The number of carbonyl (C=O) groups is 1. The minimum Gasteiger partial charge on any atom is -0.491 e. The summed E-state index contributed by atoms with van der Waals surface area (Å²) >= 11 is 0. The quantitative estimate of drug-likeness (QED) is 0.803. The standard InChI is InChI=1S/C11H15NO3/c1-3-9-10(5-4-8(2)12-9)15-7-6-11(13)14/h4-5H,3,6-7H2,1-2H3,(H,13,14).